The highest BCUT2D eigenvalue weighted by atomic mass is 32.2. The number of nitrogens with one attached hydrogen (secondary N) is 2. The van der Waals surface area contributed by atoms with Crippen LogP contribution in [0.5, 0.6) is 5.75 Å². The van der Waals surface area contributed by atoms with Gasteiger partial charge in [0.1, 0.15) is 5.75 Å². The van der Waals surface area contributed by atoms with Crippen LogP contribution in [-0.2, 0) is 10.0 Å². The molecule has 0 aliphatic rings. The lowest BCUT2D eigenvalue weighted by Crippen LogP contribution is -2.25. The molecular formula is C20H26N2O4S. The molecule has 0 fully saturated rings. The number of anilines is 1. The summed E-state index contributed by atoms with van der Waals surface area (Å²) in [7, 11) is -3.79. The van der Waals surface area contributed by atoms with Gasteiger partial charge in [0.05, 0.1) is 17.2 Å². The molecule has 0 atom stereocenters. The molecule has 1 amide bonds. The molecule has 0 aromatic heterocycles. The van der Waals surface area contributed by atoms with Gasteiger partial charge in [-0.05, 0) is 55.7 Å². The number of benzene rings is 2. The molecule has 27 heavy (non-hydrogen) atoms. The molecule has 0 spiro atoms. The van der Waals surface area contributed by atoms with Crippen LogP contribution in [0.3, 0.4) is 0 Å². The van der Waals surface area contributed by atoms with Crippen LogP contribution >= 0.6 is 0 Å². The van der Waals surface area contributed by atoms with Crippen LogP contribution in [0, 0.1) is 5.92 Å². The standard InChI is InChI=1S/C20H26N2O4S/c1-4-26-19-8-6-5-7-18(19)22-27(24,25)17-11-9-16(10-12-17)20(23)21-14-13-15(2)3/h5-12,15,22H,4,13-14H2,1-3H3,(H,21,23). The molecular weight excluding hydrogens is 364 g/mol. The van der Waals surface area contributed by atoms with E-state index in [0.717, 1.165) is 6.42 Å². The molecule has 0 aliphatic carbocycles. The van der Waals surface area contributed by atoms with Crippen molar-refractivity contribution in [1.82, 2.24) is 5.32 Å². The van der Waals surface area contributed by atoms with Gasteiger partial charge in [-0.3, -0.25) is 9.52 Å². The first-order valence-corrected chi connectivity index (χ1v) is 10.4. The third-order valence-corrected chi connectivity index (χ3v) is 5.25. The predicted molar refractivity (Wildman–Crippen MR) is 107 cm³/mol. The summed E-state index contributed by atoms with van der Waals surface area (Å²) in [5.74, 6) is 0.752. The molecule has 2 rings (SSSR count). The summed E-state index contributed by atoms with van der Waals surface area (Å²) in [6, 6.07) is 12.7. The lowest BCUT2D eigenvalue weighted by molar-refractivity contribution is 0.0952. The summed E-state index contributed by atoms with van der Waals surface area (Å²) in [5, 5.41) is 2.83. The van der Waals surface area contributed by atoms with E-state index in [9.17, 15) is 13.2 Å². The van der Waals surface area contributed by atoms with Crippen LogP contribution < -0.4 is 14.8 Å². The number of rotatable bonds is 9. The maximum absolute atomic E-state index is 12.6. The fraction of sp³-hybridized carbons (Fsp3) is 0.350. The summed E-state index contributed by atoms with van der Waals surface area (Å²) in [6.07, 6.45) is 0.890. The second-order valence-electron chi connectivity index (χ2n) is 6.50. The Morgan fingerprint density at radius 2 is 1.74 bits per heavy atom. The van der Waals surface area contributed by atoms with E-state index in [-0.39, 0.29) is 10.8 Å². The topological polar surface area (TPSA) is 84.5 Å². The number of carbonyl (C=O) groups excluding carboxylic acids is 1. The monoisotopic (exact) mass is 390 g/mol. The Morgan fingerprint density at radius 3 is 2.37 bits per heavy atom. The molecule has 0 heterocycles. The molecule has 0 aliphatic heterocycles. The maximum Gasteiger partial charge on any atom is 0.262 e. The lowest BCUT2D eigenvalue weighted by Gasteiger charge is -2.13. The zero-order valence-electron chi connectivity index (χ0n) is 15.9. The van der Waals surface area contributed by atoms with E-state index in [2.05, 4.69) is 23.9 Å². The number of para-hydroxylation sites is 2. The fourth-order valence-electron chi connectivity index (χ4n) is 2.40. The normalized spacial score (nSPS) is 11.3. The maximum atomic E-state index is 12.6. The Morgan fingerprint density at radius 1 is 1.07 bits per heavy atom. The zero-order valence-corrected chi connectivity index (χ0v) is 16.7. The van der Waals surface area contributed by atoms with Crippen LogP contribution in [0.15, 0.2) is 53.4 Å². The molecule has 2 aromatic rings. The molecule has 2 N–H and O–H groups in total. The minimum atomic E-state index is -3.79. The summed E-state index contributed by atoms with van der Waals surface area (Å²) in [5.41, 5.74) is 0.794. The Labute approximate surface area is 161 Å². The fourth-order valence-corrected chi connectivity index (χ4v) is 3.47. The van der Waals surface area contributed by atoms with Gasteiger partial charge in [-0.2, -0.15) is 0 Å². The average Bonchev–Trinajstić information content (AvgIpc) is 2.63. The number of amides is 1. The summed E-state index contributed by atoms with van der Waals surface area (Å²) < 4.78 is 33.2. The molecule has 0 radical (unpaired) electrons. The van der Waals surface area contributed by atoms with Crippen LogP contribution in [0.1, 0.15) is 37.6 Å². The minimum absolute atomic E-state index is 0.0764. The molecule has 0 bridgehead atoms. The van der Waals surface area contributed by atoms with E-state index >= 15 is 0 Å². The number of carbonyl (C=O) groups is 1. The van der Waals surface area contributed by atoms with Gasteiger partial charge in [-0.25, -0.2) is 8.42 Å². The smallest absolute Gasteiger partial charge is 0.262 e. The van der Waals surface area contributed by atoms with Gasteiger partial charge >= 0.3 is 0 Å². The van der Waals surface area contributed by atoms with Crippen molar-refractivity contribution in [3.63, 3.8) is 0 Å². The lowest BCUT2D eigenvalue weighted by atomic mass is 10.1. The third-order valence-electron chi connectivity index (χ3n) is 3.87. The predicted octanol–water partition coefficient (Wildman–Crippen LogP) is 3.66. The van der Waals surface area contributed by atoms with Crippen molar-refractivity contribution in [3.05, 3.63) is 54.1 Å². The number of ether oxygens (including phenoxy) is 1. The van der Waals surface area contributed by atoms with E-state index in [4.69, 9.17) is 4.74 Å². The summed E-state index contributed by atoms with van der Waals surface area (Å²) in [6.45, 7) is 7.02. The Balaban J connectivity index is 2.10. The van der Waals surface area contributed by atoms with Gasteiger partial charge in [0, 0.05) is 12.1 Å². The summed E-state index contributed by atoms with van der Waals surface area (Å²) in [4.78, 5) is 12.2. The highest BCUT2D eigenvalue weighted by Gasteiger charge is 2.17. The molecule has 0 unspecified atom stereocenters. The molecule has 0 saturated carbocycles. The highest BCUT2D eigenvalue weighted by Crippen LogP contribution is 2.26. The van der Waals surface area contributed by atoms with Crippen molar-refractivity contribution < 1.29 is 17.9 Å². The SMILES string of the molecule is CCOc1ccccc1NS(=O)(=O)c1ccc(C(=O)NCCC(C)C)cc1. The molecule has 2 aromatic carbocycles. The van der Waals surface area contributed by atoms with Crippen LogP contribution in [0.2, 0.25) is 0 Å². The Hall–Kier alpha value is -2.54. The van der Waals surface area contributed by atoms with Gasteiger partial charge in [-0.1, -0.05) is 26.0 Å². The van der Waals surface area contributed by atoms with Crippen LogP contribution in [-0.4, -0.2) is 27.5 Å². The van der Waals surface area contributed by atoms with Crippen molar-refractivity contribution in [2.24, 2.45) is 5.92 Å². The number of sulfonamides is 1. The van der Waals surface area contributed by atoms with Gasteiger partial charge in [0.25, 0.3) is 15.9 Å². The number of hydrogen-bond donors (Lipinski definition) is 2. The van der Waals surface area contributed by atoms with Gasteiger partial charge < -0.3 is 10.1 Å². The first kappa shape index (κ1) is 20.8. The first-order chi connectivity index (χ1) is 12.8. The van der Waals surface area contributed by atoms with E-state index in [1.165, 1.54) is 24.3 Å². The van der Waals surface area contributed by atoms with Gasteiger partial charge in [-0.15, -0.1) is 0 Å². The van der Waals surface area contributed by atoms with E-state index in [1.54, 1.807) is 24.3 Å². The molecule has 146 valence electrons. The van der Waals surface area contributed by atoms with Crippen molar-refractivity contribution in [2.45, 2.75) is 32.1 Å². The summed E-state index contributed by atoms with van der Waals surface area (Å²) >= 11 is 0. The minimum Gasteiger partial charge on any atom is -0.492 e. The largest absolute Gasteiger partial charge is 0.492 e. The van der Waals surface area contributed by atoms with Crippen molar-refractivity contribution in [2.75, 3.05) is 17.9 Å². The zero-order chi connectivity index (χ0) is 19.9. The second kappa shape index (κ2) is 9.41. The van der Waals surface area contributed by atoms with Gasteiger partial charge in [0.2, 0.25) is 0 Å². The average molecular weight is 391 g/mol. The van der Waals surface area contributed by atoms with E-state index < -0.39 is 10.0 Å². The van der Waals surface area contributed by atoms with Gasteiger partial charge in [0.15, 0.2) is 0 Å². The molecule has 0 saturated heterocycles. The van der Waals surface area contributed by atoms with Crippen LogP contribution in [0.4, 0.5) is 5.69 Å². The molecule has 7 heteroatoms. The third kappa shape index (κ3) is 5.99. The Kier molecular flexibility index (Phi) is 7.24. The van der Waals surface area contributed by atoms with Crippen molar-refractivity contribution in [1.29, 1.82) is 0 Å². The first-order valence-electron chi connectivity index (χ1n) is 8.96. The number of hydrogen-bond acceptors (Lipinski definition) is 4. The van der Waals surface area contributed by atoms with Crippen molar-refractivity contribution in [3.8, 4) is 5.75 Å². The van der Waals surface area contributed by atoms with E-state index in [0.29, 0.717) is 36.1 Å². The Bertz CT molecular complexity index is 862. The van der Waals surface area contributed by atoms with Crippen LogP contribution in [0.25, 0.3) is 0 Å². The second-order valence-corrected chi connectivity index (χ2v) is 8.18. The highest BCUT2D eigenvalue weighted by molar-refractivity contribution is 7.92. The van der Waals surface area contributed by atoms with E-state index in [1.807, 2.05) is 6.92 Å². The quantitative estimate of drug-likeness (QED) is 0.684. The van der Waals surface area contributed by atoms with Crippen molar-refractivity contribution >= 4 is 21.6 Å². The molecule has 6 nitrogen and oxygen atoms in total.